The fourth-order valence-corrected chi connectivity index (χ4v) is 2.17. The van der Waals surface area contributed by atoms with E-state index < -0.39 is 11.9 Å². The van der Waals surface area contributed by atoms with Gasteiger partial charge in [-0.3, -0.25) is 0 Å². The van der Waals surface area contributed by atoms with Gasteiger partial charge in [-0.05, 0) is 29.8 Å². The van der Waals surface area contributed by atoms with Crippen LogP contribution in [0.4, 0.5) is 4.39 Å². The zero-order chi connectivity index (χ0) is 15.4. The van der Waals surface area contributed by atoms with E-state index in [0.29, 0.717) is 28.4 Å². The summed E-state index contributed by atoms with van der Waals surface area (Å²) in [7, 11) is 4.58. The molecule has 0 saturated heterocycles. The van der Waals surface area contributed by atoms with E-state index in [-0.39, 0.29) is 0 Å². The van der Waals surface area contributed by atoms with Gasteiger partial charge >= 0.3 is 0 Å². The average Bonchev–Trinajstić information content (AvgIpc) is 2.53. The summed E-state index contributed by atoms with van der Waals surface area (Å²) < 4.78 is 29.7. The molecule has 1 unspecified atom stereocenters. The zero-order valence-electron chi connectivity index (χ0n) is 12.2. The van der Waals surface area contributed by atoms with Gasteiger partial charge in [-0.2, -0.15) is 0 Å². The van der Waals surface area contributed by atoms with Crippen LogP contribution in [0, 0.1) is 5.82 Å². The van der Waals surface area contributed by atoms with Crippen molar-refractivity contribution in [2.24, 2.45) is 5.73 Å². The predicted molar refractivity (Wildman–Crippen MR) is 78.5 cm³/mol. The molecular formula is C16H18FNO3. The lowest BCUT2D eigenvalue weighted by Gasteiger charge is -2.18. The fourth-order valence-electron chi connectivity index (χ4n) is 2.17. The van der Waals surface area contributed by atoms with Crippen LogP contribution < -0.4 is 19.9 Å². The summed E-state index contributed by atoms with van der Waals surface area (Å²) >= 11 is 0. The Labute approximate surface area is 123 Å². The van der Waals surface area contributed by atoms with E-state index in [1.54, 1.807) is 44.6 Å². The van der Waals surface area contributed by atoms with Crippen LogP contribution in [0.25, 0.3) is 0 Å². The van der Waals surface area contributed by atoms with Crippen LogP contribution in [0.15, 0.2) is 36.4 Å². The summed E-state index contributed by atoms with van der Waals surface area (Å²) in [5, 5.41) is 0. The highest BCUT2D eigenvalue weighted by Gasteiger charge is 2.20. The highest BCUT2D eigenvalue weighted by atomic mass is 19.1. The van der Waals surface area contributed by atoms with Crippen molar-refractivity contribution >= 4 is 0 Å². The van der Waals surface area contributed by atoms with Crippen LogP contribution in [0.1, 0.15) is 17.2 Å². The Balaban J connectivity index is 2.51. The normalized spacial score (nSPS) is 11.9. The van der Waals surface area contributed by atoms with Gasteiger partial charge in [0.2, 0.25) is 0 Å². The molecule has 5 heteroatoms. The summed E-state index contributed by atoms with van der Waals surface area (Å²) in [5.41, 5.74) is 7.19. The molecule has 4 nitrogen and oxygen atoms in total. The smallest absolute Gasteiger partial charge is 0.132 e. The standard InChI is InChI=1S/C16H18FNO3/c1-19-11-7-10(8-12(9-11)20-2)16(18)15-13(17)5-4-6-14(15)21-3/h4-9,16H,18H2,1-3H3. The molecule has 0 bridgehead atoms. The first kappa shape index (κ1) is 15.1. The number of nitrogens with two attached hydrogens (primary N) is 1. The largest absolute Gasteiger partial charge is 0.497 e. The van der Waals surface area contributed by atoms with Crippen molar-refractivity contribution in [3.05, 3.63) is 53.3 Å². The van der Waals surface area contributed by atoms with Crippen LogP contribution in [-0.2, 0) is 0 Å². The van der Waals surface area contributed by atoms with E-state index in [1.165, 1.54) is 13.2 Å². The minimum atomic E-state index is -0.690. The van der Waals surface area contributed by atoms with E-state index in [9.17, 15) is 4.39 Å². The van der Waals surface area contributed by atoms with Gasteiger partial charge in [0.05, 0.1) is 32.9 Å². The van der Waals surface area contributed by atoms with Gasteiger partial charge < -0.3 is 19.9 Å². The lowest BCUT2D eigenvalue weighted by atomic mass is 9.97. The molecule has 1 atom stereocenters. The van der Waals surface area contributed by atoms with Gasteiger partial charge in [-0.25, -0.2) is 4.39 Å². The van der Waals surface area contributed by atoms with E-state index in [4.69, 9.17) is 19.9 Å². The first-order valence-electron chi connectivity index (χ1n) is 6.41. The Morgan fingerprint density at radius 1 is 0.952 bits per heavy atom. The Hall–Kier alpha value is -2.27. The molecule has 2 aromatic carbocycles. The van der Waals surface area contributed by atoms with E-state index in [2.05, 4.69) is 0 Å². The third-order valence-electron chi connectivity index (χ3n) is 3.28. The highest BCUT2D eigenvalue weighted by Crippen LogP contribution is 2.34. The van der Waals surface area contributed by atoms with Crippen molar-refractivity contribution in [3.8, 4) is 17.2 Å². The second-order valence-electron chi connectivity index (χ2n) is 4.48. The third kappa shape index (κ3) is 3.08. The number of ether oxygens (including phenoxy) is 3. The third-order valence-corrected chi connectivity index (χ3v) is 3.28. The number of hydrogen-bond acceptors (Lipinski definition) is 4. The van der Waals surface area contributed by atoms with E-state index in [1.807, 2.05) is 0 Å². The highest BCUT2D eigenvalue weighted by molar-refractivity contribution is 5.47. The Bertz CT molecular complexity index is 609. The van der Waals surface area contributed by atoms with Crippen molar-refractivity contribution in [1.82, 2.24) is 0 Å². The number of benzene rings is 2. The molecule has 0 aliphatic carbocycles. The lowest BCUT2D eigenvalue weighted by molar-refractivity contribution is 0.391. The summed E-state index contributed by atoms with van der Waals surface area (Å²) in [6.45, 7) is 0. The Kier molecular flexibility index (Phi) is 4.65. The van der Waals surface area contributed by atoms with Crippen LogP contribution in [-0.4, -0.2) is 21.3 Å². The monoisotopic (exact) mass is 291 g/mol. The van der Waals surface area contributed by atoms with E-state index in [0.717, 1.165) is 0 Å². The molecule has 0 aromatic heterocycles. The lowest BCUT2D eigenvalue weighted by Crippen LogP contribution is -2.15. The van der Waals surface area contributed by atoms with Crippen LogP contribution in [0.2, 0.25) is 0 Å². The summed E-state index contributed by atoms with van der Waals surface area (Å²) in [5.74, 6) is 1.18. The first-order valence-corrected chi connectivity index (χ1v) is 6.41. The zero-order valence-corrected chi connectivity index (χ0v) is 12.2. The molecule has 21 heavy (non-hydrogen) atoms. The maximum absolute atomic E-state index is 14.1. The molecule has 0 radical (unpaired) electrons. The maximum Gasteiger partial charge on any atom is 0.132 e. The Morgan fingerprint density at radius 2 is 1.57 bits per heavy atom. The molecule has 0 aliphatic heterocycles. The van der Waals surface area contributed by atoms with Crippen molar-refractivity contribution in [2.75, 3.05) is 21.3 Å². The number of hydrogen-bond donors (Lipinski definition) is 1. The molecule has 0 spiro atoms. The average molecular weight is 291 g/mol. The van der Waals surface area contributed by atoms with Gasteiger partial charge in [0.1, 0.15) is 23.1 Å². The maximum atomic E-state index is 14.1. The van der Waals surface area contributed by atoms with Crippen molar-refractivity contribution in [1.29, 1.82) is 0 Å². The molecule has 2 aromatic rings. The quantitative estimate of drug-likeness (QED) is 0.920. The first-order chi connectivity index (χ1) is 10.1. The van der Waals surface area contributed by atoms with Crippen molar-refractivity contribution in [3.63, 3.8) is 0 Å². The minimum Gasteiger partial charge on any atom is -0.497 e. The van der Waals surface area contributed by atoms with Crippen LogP contribution in [0.5, 0.6) is 17.2 Å². The van der Waals surface area contributed by atoms with Gasteiger partial charge in [-0.1, -0.05) is 6.07 Å². The number of rotatable bonds is 5. The molecular weight excluding hydrogens is 273 g/mol. The second-order valence-corrected chi connectivity index (χ2v) is 4.48. The molecule has 2 N–H and O–H groups in total. The fraction of sp³-hybridized carbons (Fsp3) is 0.250. The van der Waals surface area contributed by atoms with Gasteiger partial charge in [0.25, 0.3) is 0 Å². The molecule has 0 heterocycles. The second kappa shape index (κ2) is 6.45. The van der Waals surface area contributed by atoms with E-state index >= 15 is 0 Å². The van der Waals surface area contributed by atoms with Crippen molar-refractivity contribution in [2.45, 2.75) is 6.04 Å². The van der Waals surface area contributed by atoms with Crippen molar-refractivity contribution < 1.29 is 18.6 Å². The van der Waals surface area contributed by atoms with Crippen LogP contribution >= 0.6 is 0 Å². The van der Waals surface area contributed by atoms with Gasteiger partial charge in [0.15, 0.2) is 0 Å². The Morgan fingerprint density at radius 3 is 2.10 bits per heavy atom. The molecule has 0 saturated carbocycles. The SMILES string of the molecule is COc1cc(OC)cc(C(N)c2c(F)cccc2OC)c1. The summed E-state index contributed by atoms with van der Waals surface area (Å²) in [4.78, 5) is 0. The van der Waals surface area contributed by atoms with Crippen LogP contribution in [0.3, 0.4) is 0 Å². The van der Waals surface area contributed by atoms with Gasteiger partial charge in [0, 0.05) is 6.07 Å². The predicted octanol–water partition coefficient (Wildman–Crippen LogP) is 2.90. The number of methoxy groups -OCH3 is 3. The molecule has 2 rings (SSSR count). The minimum absolute atomic E-state index is 0.301. The topological polar surface area (TPSA) is 53.7 Å². The molecule has 0 aliphatic rings. The summed E-state index contributed by atoms with van der Waals surface area (Å²) in [6, 6.07) is 9.15. The molecule has 112 valence electrons. The van der Waals surface area contributed by atoms with Gasteiger partial charge in [-0.15, -0.1) is 0 Å². The molecule has 0 amide bonds. The number of halogens is 1. The summed E-state index contributed by atoms with van der Waals surface area (Å²) in [6.07, 6.45) is 0. The molecule has 0 fully saturated rings.